The number of non-ortho nitro benzene ring substituents is 2. The fourth-order valence-electron chi connectivity index (χ4n) is 3.86. The van der Waals surface area contributed by atoms with E-state index in [2.05, 4.69) is 90.1 Å². The van der Waals surface area contributed by atoms with E-state index in [1.54, 1.807) is 24.3 Å². The first-order valence-corrected chi connectivity index (χ1v) is 41.7. The van der Waals surface area contributed by atoms with Crippen molar-refractivity contribution >= 4 is 173 Å². The van der Waals surface area contributed by atoms with E-state index in [4.69, 9.17) is 62.0 Å². The van der Waals surface area contributed by atoms with Crippen LogP contribution in [0, 0.1) is 20.2 Å². The minimum Gasteiger partial charge on any atom is -0.506 e. The summed E-state index contributed by atoms with van der Waals surface area (Å²) in [4.78, 5) is 58.0. The molecule has 15 nitrogen and oxygen atoms in total. The van der Waals surface area contributed by atoms with Crippen molar-refractivity contribution in [3.8, 4) is 11.5 Å². The molecule has 5 aromatic carbocycles. The number of para-hydroxylation sites is 1. The molecule has 0 aromatic heterocycles. The molecule has 0 saturated heterocycles. The molecular weight excluding hydrogens is 1410 g/mol. The summed E-state index contributed by atoms with van der Waals surface area (Å²) < 4.78 is 4.26. The van der Waals surface area contributed by atoms with Gasteiger partial charge in [-0.1, -0.05) is 70.7 Å². The summed E-state index contributed by atoms with van der Waals surface area (Å²) in [5.41, 5.74) is 6.20. The number of carbonyl (C=O) groups is 2. The van der Waals surface area contributed by atoms with E-state index in [9.17, 15) is 34.6 Å². The summed E-state index contributed by atoms with van der Waals surface area (Å²) in [6.07, 6.45) is 1.31. The summed E-state index contributed by atoms with van der Waals surface area (Å²) >= 11 is 33.7. The van der Waals surface area contributed by atoms with E-state index in [1.165, 1.54) is 48.5 Å². The Morgan fingerprint density at radius 2 is 1.33 bits per heavy atom. The fraction of sp³-hybridized carbons (Fsp3) is 0.0294. The molecule has 2 amide bonds. The number of phenols is 1. The van der Waals surface area contributed by atoms with Gasteiger partial charge >= 0.3 is 89.0 Å². The number of amides is 2. The molecule has 5 N–H and O–H groups in total. The number of aliphatic imine (C=N–C) groups is 1. The molecule has 0 aliphatic rings. The molecule has 0 fully saturated rings. The van der Waals surface area contributed by atoms with Gasteiger partial charge in [0.15, 0.2) is 5.75 Å². The zero-order valence-electron chi connectivity index (χ0n) is 28.6. The molecule has 308 valence electrons. The number of carbonyl (C=O) groups excluding carboxylic acids is 3. The number of nitro benzene ring substituents is 2. The number of esters is 1. The molecule has 5 rings (SSSR count). The van der Waals surface area contributed by atoms with E-state index in [1.807, 2.05) is 18.2 Å². The minimum absolute atomic E-state index is 0.0131. The standard InChI is InChI=1S/C21H13Cl4N3O5.C7H5NO.C6H6N2O3.I5/c22-14-4-1-11(7-16(14)24)8-20(29)33-19-6-3-13(28(31)32)10-18(19)27-21(30)26-12-2-5-15(23)17(25)9-12;9-6-8-7-4-2-1-3-5-7;7-5-3-4(8(10)11)1-2-6(5)9;1-5(2,3)4/h1-7,9-10H,8H2,(H2,26,27,30);1-5H;1-3,9H,7H2;/q;;;-1. The first-order valence-electron chi connectivity index (χ1n) is 15.1. The van der Waals surface area contributed by atoms with Crippen molar-refractivity contribution in [2.45, 2.75) is 6.42 Å². The number of aromatic hydroxyl groups is 1. The number of urea groups is 1. The van der Waals surface area contributed by atoms with Crippen molar-refractivity contribution < 1.29 is 36.6 Å². The van der Waals surface area contributed by atoms with Gasteiger partial charge in [-0.2, -0.15) is 4.99 Å². The number of hydrogen-bond acceptors (Lipinski definition) is 11. The van der Waals surface area contributed by atoms with Crippen LogP contribution in [0.1, 0.15) is 5.56 Å². The maximum absolute atomic E-state index is 12.4. The monoisotopic (exact) mass is 1430 g/mol. The number of ether oxygens (including phenoxy) is 1. The Labute approximate surface area is 392 Å². The third-order valence-corrected chi connectivity index (χ3v) is 7.79. The van der Waals surface area contributed by atoms with Gasteiger partial charge in [-0.05, 0) is 60.2 Å². The van der Waals surface area contributed by atoms with Gasteiger partial charge in [-0.15, -0.1) is 0 Å². The largest absolute Gasteiger partial charge is 0.506 e. The number of nitrogens with one attached hydrogen (secondary N) is 2. The summed E-state index contributed by atoms with van der Waals surface area (Å²) in [5.74, 6) is -0.916. The second-order valence-electron chi connectivity index (χ2n) is 10.4. The maximum Gasteiger partial charge on any atom is 0.323 e. The molecule has 0 saturated carbocycles. The average Bonchev–Trinajstić information content (AvgIpc) is 3.13. The van der Waals surface area contributed by atoms with E-state index in [0.717, 1.165) is 18.2 Å². The van der Waals surface area contributed by atoms with Crippen LogP contribution in [-0.4, -0.2) is 33.0 Å². The smallest absolute Gasteiger partial charge is 0.323 e. The van der Waals surface area contributed by atoms with Crippen molar-refractivity contribution in [2.75, 3.05) is 16.4 Å². The molecule has 24 heteroatoms. The van der Waals surface area contributed by atoms with Gasteiger partial charge in [0.2, 0.25) is 6.08 Å². The van der Waals surface area contributed by atoms with Gasteiger partial charge in [0.05, 0.1) is 53.4 Å². The number of hydrogen-bond donors (Lipinski definition) is 4. The average molecular weight is 1440 g/mol. The number of benzene rings is 5. The Kier molecular flexibility index (Phi) is 23.0. The molecule has 0 unspecified atom stereocenters. The summed E-state index contributed by atoms with van der Waals surface area (Å²) in [6, 6.07) is 24.2. The SMILES string of the molecule is I[I-](I)(I)I.Nc1cc([N+](=O)[O-])ccc1O.O=C(Nc1ccc(Cl)c(Cl)c1)Nc1cc([N+](=O)[O-])ccc1OC(=O)Cc1ccc(Cl)c(Cl)c1.O=C=Nc1ccccc1. The Morgan fingerprint density at radius 1 is 0.776 bits per heavy atom. The minimum atomic E-state index is -1.06. The van der Waals surface area contributed by atoms with Crippen LogP contribution in [0.25, 0.3) is 0 Å². The number of nitro groups is 2. The van der Waals surface area contributed by atoms with Crippen LogP contribution in [0.4, 0.5) is 38.9 Å². The Morgan fingerprint density at radius 3 is 1.86 bits per heavy atom. The third kappa shape index (κ3) is 20.6. The number of rotatable bonds is 8. The Bertz CT molecular complexity index is 2300. The van der Waals surface area contributed by atoms with Crippen molar-refractivity contribution in [1.82, 2.24) is 0 Å². The van der Waals surface area contributed by atoms with Crippen molar-refractivity contribution in [1.29, 1.82) is 0 Å². The number of nitrogens with zero attached hydrogens (tertiary/aromatic N) is 3. The molecule has 0 bridgehead atoms. The molecule has 0 heterocycles. The zero-order valence-corrected chi connectivity index (χ0v) is 42.4. The van der Waals surface area contributed by atoms with Gasteiger partial charge in [-0.3, -0.25) is 25.0 Å². The van der Waals surface area contributed by atoms with Gasteiger partial charge in [-0.25, -0.2) is 9.59 Å². The molecule has 0 atom stereocenters. The van der Waals surface area contributed by atoms with Crippen molar-refractivity contribution in [3.63, 3.8) is 0 Å². The second kappa shape index (κ2) is 25.9. The van der Waals surface area contributed by atoms with E-state index in [0.29, 0.717) is 27.0 Å². The predicted octanol–water partition coefficient (Wildman–Crippen LogP) is 10.1. The normalized spacial score (nSPS) is 10.3. The van der Waals surface area contributed by atoms with Crippen LogP contribution in [0.2, 0.25) is 20.1 Å². The number of phenolic OH excluding ortho intramolecular Hbond substituents is 1. The number of nitrogens with two attached hydrogens (primary N) is 1. The quantitative estimate of drug-likeness (QED) is 0.0132. The van der Waals surface area contributed by atoms with Crippen LogP contribution in [0.3, 0.4) is 0 Å². The zero-order chi connectivity index (χ0) is 43.6. The summed E-state index contributed by atoms with van der Waals surface area (Å²) in [7, 11) is 0. The van der Waals surface area contributed by atoms with Crippen molar-refractivity contribution in [2.24, 2.45) is 4.99 Å². The van der Waals surface area contributed by atoms with Crippen molar-refractivity contribution in [3.05, 3.63) is 149 Å². The van der Waals surface area contributed by atoms with Gasteiger partial charge in [0, 0.05) is 30.0 Å². The third-order valence-electron chi connectivity index (χ3n) is 6.31. The molecule has 58 heavy (non-hydrogen) atoms. The predicted molar refractivity (Wildman–Crippen MR) is 257 cm³/mol. The Hall–Kier alpha value is -2.57. The van der Waals surface area contributed by atoms with Crippen LogP contribution in [0.5, 0.6) is 11.5 Å². The fourth-order valence-corrected chi connectivity index (χ4v) is 4.48. The molecular formula is C34H24Cl4I5N6O9-. The first kappa shape index (κ1) is 51.6. The number of nitrogen functional groups attached to an aromatic ring is 1. The molecule has 0 aliphatic heterocycles. The van der Waals surface area contributed by atoms with E-state index >= 15 is 0 Å². The van der Waals surface area contributed by atoms with Gasteiger partial charge < -0.3 is 26.2 Å². The van der Waals surface area contributed by atoms with E-state index < -0.39 is 24.4 Å². The van der Waals surface area contributed by atoms with Gasteiger partial charge in [0.25, 0.3) is 11.4 Å². The van der Waals surface area contributed by atoms with Crippen LogP contribution < -0.4 is 23.6 Å². The topological polar surface area (TPSA) is 229 Å². The summed E-state index contributed by atoms with van der Waals surface area (Å²) in [6.45, 7) is 0. The van der Waals surface area contributed by atoms with E-state index in [-0.39, 0.29) is 50.7 Å². The number of anilines is 3. The van der Waals surface area contributed by atoms with Crippen LogP contribution in [-0.2, 0) is 16.0 Å². The maximum atomic E-state index is 12.4. The first-order chi connectivity index (χ1) is 27.2. The summed E-state index contributed by atoms with van der Waals surface area (Å²) in [5, 5.41) is 36.2. The molecule has 0 aliphatic carbocycles. The number of isocyanates is 1. The van der Waals surface area contributed by atoms with Crippen LogP contribution >= 0.6 is 121 Å². The van der Waals surface area contributed by atoms with Crippen LogP contribution in [0.15, 0.2) is 108 Å². The molecule has 0 radical (unpaired) electrons. The Balaban J connectivity index is 0.000000372. The number of halogens is 9. The van der Waals surface area contributed by atoms with Gasteiger partial charge in [0.1, 0.15) is 5.75 Å². The second-order valence-corrected chi connectivity index (χ2v) is 110. The molecule has 0 spiro atoms. The molecule has 5 aromatic rings.